The third-order valence-electron chi connectivity index (χ3n) is 2.74. The van der Waals surface area contributed by atoms with Gasteiger partial charge in [0.25, 0.3) is 0 Å². The highest BCUT2D eigenvalue weighted by Crippen LogP contribution is 2.34. The van der Waals surface area contributed by atoms with E-state index in [1.165, 1.54) is 12.8 Å². The lowest BCUT2D eigenvalue weighted by atomic mass is 9.96. The van der Waals surface area contributed by atoms with Crippen LogP contribution < -0.4 is 5.73 Å². The second-order valence-electron chi connectivity index (χ2n) is 4.51. The lowest BCUT2D eigenvalue weighted by molar-refractivity contribution is 0.00970. The molecule has 1 rings (SSSR count). The summed E-state index contributed by atoms with van der Waals surface area (Å²) in [5, 5.41) is 0. The molecule has 0 aliphatic heterocycles. The highest BCUT2D eigenvalue weighted by Gasteiger charge is 2.29. The van der Waals surface area contributed by atoms with Gasteiger partial charge in [-0.1, -0.05) is 26.7 Å². The number of hydrogen-bond donors (Lipinski definition) is 1. The second kappa shape index (κ2) is 4.97. The molecule has 0 spiro atoms. The lowest BCUT2D eigenvalue weighted by Crippen LogP contribution is -2.40. The highest BCUT2D eigenvalue weighted by molar-refractivity contribution is 4.84. The van der Waals surface area contributed by atoms with Crippen molar-refractivity contribution < 1.29 is 4.74 Å². The molecule has 2 N–H and O–H groups in total. The van der Waals surface area contributed by atoms with E-state index in [0.717, 1.165) is 18.9 Å². The Bertz CT molecular complexity index is 143. The summed E-state index contributed by atoms with van der Waals surface area (Å²) in [4.78, 5) is 0. The fourth-order valence-corrected chi connectivity index (χ4v) is 1.88. The van der Waals surface area contributed by atoms with Crippen molar-refractivity contribution in [3.63, 3.8) is 0 Å². The summed E-state index contributed by atoms with van der Waals surface area (Å²) >= 11 is 0. The molecule has 1 fully saturated rings. The van der Waals surface area contributed by atoms with E-state index in [4.69, 9.17) is 10.5 Å². The van der Waals surface area contributed by atoms with E-state index in [1.54, 1.807) is 0 Å². The van der Waals surface area contributed by atoms with Crippen LogP contribution in [-0.2, 0) is 4.74 Å². The molecule has 2 heteroatoms. The van der Waals surface area contributed by atoms with Crippen molar-refractivity contribution in [1.29, 1.82) is 0 Å². The van der Waals surface area contributed by atoms with Gasteiger partial charge in [0, 0.05) is 12.6 Å². The van der Waals surface area contributed by atoms with E-state index in [9.17, 15) is 0 Å². The molecule has 0 saturated heterocycles. The van der Waals surface area contributed by atoms with Crippen LogP contribution in [0.15, 0.2) is 0 Å². The summed E-state index contributed by atoms with van der Waals surface area (Å²) in [5.74, 6) is 1.44. The van der Waals surface area contributed by atoms with Crippen molar-refractivity contribution in [2.75, 3.05) is 6.61 Å². The fourth-order valence-electron chi connectivity index (χ4n) is 1.88. The number of nitrogens with two attached hydrogens (primary N) is 1. The van der Waals surface area contributed by atoms with Crippen LogP contribution in [-0.4, -0.2) is 18.8 Å². The smallest absolute Gasteiger partial charge is 0.0748 e. The molecule has 2 nitrogen and oxygen atoms in total. The van der Waals surface area contributed by atoms with Crippen molar-refractivity contribution >= 4 is 0 Å². The SMILES string of the molecule is CCOC(C(C)C)C(N)CC1CC1. The minimum absolute atomic E-state index is 0.243. The Morgan fingerprint density at radius 2 is 2.00 bits per heavy atom. The molecular weight excluding hydrogens is 162 g/mol. The van der Waals surface area contributed by atoms with E-state index in [0.29, 0.717) is 5.92 Å². The molecule has 2 unspecified atom stereocenters. The van der Waals surface area contributed by atoms with Gasteiger partial charge >= 0.3 is 0 Å². The van der Waals surface area contributed by atoms with Crippen molar-refractivity contribution in [2.24, 2.45) is 17.6 Å². The summed E-state index contributed by atoms with van der Waals surface area (Å²) in [6.07, 6.45) is 4.17. The average Bonchev–Trinajstić information content (AvgIpc) is 2.83. The molecule has 13 heavy (non-hydrogen) atoms. The van der Waals surface area contributed by atoms with E-state index < -0.39 is 0 Å². The molecule has 2 atom stereocenters. The zero-order chi connectivity index (χ0) is 9.84. The van der Waals surface area contributed by atoms with Gasteiger partial charge in [-0.05, 0) is 25.2 Å². The lowest BCUT2D eigenvalue weighted by Gasteiger charge is -2.27. The van der Waals surface area contributed by atoms with E-state index in [2.05, 4.69) is 13.8 Å². The van der Waals surface area contributed by atoms with E-state index in [1.807, 2.05) is 6.92 Å². The third-order valence-corrected chi connectivity index (χ3v) is 2.74. The molecule has 1 aliphatic rings. The van der Waals surface area contributed by atoms with Gasteiger partial charge in [-0.15, -0.1) is 0 Å². The first kappa shape index (κ1) is 11.0. The van der Waals surface area contributed by atoms with Crippen LogP contribution in [0.5, 0.6) is 0 Å². The minimum Gasteiger partial charge on any atom is -0.377 e. The summed E-state index contributed by atoms with van der Waals surface area (Å²) < 4.78 is 5.67. The molecule has 0 aromatic rings. The quantitative estimate of drug-likeness (QED) is 0.688. The normalized spacial score (nSPS) is 21.9. The summed E-state index contributed by atoms with van der Waals surface area (Å²) in [6.45, 7) is 7.20. The average molecular weight is 185 g/mol. The first-order valence-corrected chi connectivity index (χ1v) is 5.52. The minimum atomic E-state index is 0.243. The molecule has 0 bridgehead atoms. The zero-order valence-electron chi connectivity index (χ0n) is 9.12. The topological polar surface area (TPSA) is 35.2 Å². The third kappa shape index (κ3) is 3.65. The van der Waals surface area contributed by atoms with Crippen LogP contribution >= 0.6 is 0 Å². The van der Waals surface area contributed by atoms with Crippen molar-refractivity contribution in [1.82, 2.24) is 0 Å². The van der Waals surface area contributed by atoms with Crippen LogP contribution in [0, 0.1) is 11.8 Å². The first-order valence-electron chi connectivity index (χ1n) is 5.52. The van der Waals surface area contributed by atoms with Crippen LogP contribution in [0.4, 0.5) is 0 Å². The van der Waals surface area contributed by atoms with Gasteiger partial charge in [0.15, 0.2) is 0 Å². The number of rotatable bonds is 6. The summed E-state index contributed by atoms with van der Waals surface area (Å²) in [5.41, 5.74) is 6.12. The molecule has 0 aromatic carbocycles. The Hall–Kier alpha value is -0.0800. The Balaban J connectivity index is 2.31. The highest BCUT2D eigenvalue weighted by atomic mass is 16.5. The van der Waals surface area contributed by atoms with Crippen molar-refractivity contribution in [3.05, 3.63) is 0 Å². The van der Waals surface area contributed by atoms with Crippen molar-refractivity contribution in [2.45, 2.75) is 52.2 Å². The molecule has 0 aromatic heterocycles. The number of hydrogen-bond acceptors (Lipinski definition) is 2. The fraction of sp³-hybridized carbons (Fsp3) is 1.00. The summed E-state index contributed by atoms with van der Waals surface area (Å²) in [7, 11) is 0. The van der Waals surface area contributed by atoms with Gasteiger partial charge in [-0.3, -0.25) is 0 Å². The van der Waals surface area contributed by atoms with Gasteiger partial charge in [-0.25, -0.2) is 0 Å². The monoisotopic (exact) mass is 185 g/mol. The molecule has 0 heterocycles. The Morgan fingerprint density at radius 1 is 1.38 bits per heavy atom. The first-order chi connectivity index (χ1) is 6.15. The molecular formula is C11H23NO. The van der Waals surface area contributed by atoms with Crippen LogP contribution in [0.25, 0.3) is 0 Å². The van der Waals surface area contributed by atoms with Crippen molar-refractivity contribution in [3.8, 4) is 0 Å². The number of ether oxygens (including phenoxy) is 1. The van der Waals surface area contributed by atoms with Gasteiger partial charge in [0.1, 0.15) is 0 Å². The van der Waals surface area contributed by atoms with Crippen LogP contribution in [0.2, 0.25) is 0 Å². The maximum Gasteiger partial charge on any atom is 0.0748 e. The predicted octanol–water partition coefficient (Wildman–Crippen LogP) is 2.17. The molecule has 78 valence electrons. The Labute approximate surface area is 81.8 Å². The summed E-state index contributed by atoms with van der Waals surface area (Å²) in [6, 6.07) is 0.243. The molecule has 1 aliphatic carbocycles. The second-order valence-corrected chi connectivity index (χ2v) is 4.51. The van der Waals surface area contributed by atoms with Gasteiger partial charge < -0.3 is 10.5 Å². The van der Waals surface area contributed by atoms with E-state index in [-0.39, 0.29) is 12.1 Å². The largest absolute Gasteiger partial charge is 0.377 e. The Kier molecular flexibility index (Phi) is 4.20. The zero-order valence-corrected chi connectivity index (χ0v) is 9.12. The molecule has 1 saturated carbocycles. The van der Waals surface area contributed by atoms with Gasteiger partial charge in [-0.2, -0.15) is 0 Å². The van der Waals surface area contributed by atoms with Gasteiger partial charge in [0.2, 0.25) is 0 Å². The van der Waals surface area contributed by atoms with Crippen LogP contribution in [0.1, 0.15) is 40.0 Å². The molecule has 0 amide bonds. The van der Waals surface area contributed by atoms with Crippen LogP contribution in [0.3, 0.4) is 0 Å². The van der Waals surface area contributed by atoms with E-state index >= 15 is 0 Å². The standard InChI is InChI=1S/C11H23NO/c1-4-13-11(8(2)3)10(12)7-9-5-6-9/h8-11H,4-7,12H2,1-3H3. The predicted molar refractivity (Wildman–Crippen MR) is 55.6 cm³/mol. The maximum atomic E-state index is 6.12. The molecule has 0 radical (unpaired) electrons. The van der Waals surface area contributed by atoms with Gasteiger partial charge in [0.05, 0.1) is 6.10 Å². The Morgan fingerprint density at radius 3 is 2.38 bits per heavy atom. The maximum absolute atomic E-state index is 6.12.